The van der Waals surface area contributed by atoms with E-state index in [4.69, 9.17) is 60.7 Å². The molecule has 1 radical (unpaired) electrons. The van der Waals surface area contributed by atoms with Gasteiger partial charge in [0.1, 0.15) is 0 Å². The van der Waals surface area contributed by atoms with E-state index in [1.165, 1.54) is 0 Å². The van der Waals surface area contributed by atoms with E-state index in [-0.39, 0.29) is 176 Å². The van der Waals surface area contributed by atoms with Crippen molar-refractivity contribution in [3.8, 4) is 0 Å². The molecule has 0 saturated carbocycles. The third-order valence-electron chi connectivity index (χ3n) is 0. The Bertz CT molecular complexity index is 127. The van der Waals surface area contributed by atoms with Crippen LogP contribution in [0.3, 0.4) is 0 Å². The van der Waals surface area contributed by atoms with Gasteiger partial charge in [0.15, 0.2) is 0 Å². The Morgan fingerprint density at radius 1 is 0.391 bits per heavy atom. The normalized spacial score (nSPS) is 3.13. The van der Waals surface area contributed by atoms with Crippen LogP contribution in [0.15, 0.2) is 32.0 Å². The second-order valence-electron chi connectivity index (χ2n) is 0.447. The zero-order valence-corrected chi connectivity index (χ0v) is 21.8. The molecule has 0 spiro atoms. The Labute approximate surface area is 263 Å². The largest absolute Gasteiger partial charge is 1.00 e. The minimum Gasteiger partial charge on any atom is -0.444 e. The van der Waals surface area contributed by atoms with Gasteiger partial charge in [-0.2, -0.15) is 0 Å². The van der Waals surface area contributed by atoms with E-state index in [1.54, 1.807) is 0 Å². The molecule has 0 heterocycles. The molecule has 2 N–H and O–H groups in total. The molecule has 0 atom stereocenters. The van der Waals surface area contributed by atoms with Crippen LogP contribution >= 0.6 is 0 Å². The fraction of sp³-hybridized carbons (Fsp3) is 0. The standard InChI is InChI=1S/Co.3K.6HNO2.H2O/c;;;;6*2-1-3;/h;;;;6*(H,2,3);1H2/q;3*+1;;;;;;;/p-6. The molecule has 0 rings (SSSR count). The summed E-state index contributed by atoms with van der Waals surface area (Å²) in [5.74, 6) is 0. The van der Waals surface area contributed by atoms with E-state index < -0.39 is 0 Å². The summed E-state index contributed by atoms with van der Waals surface area (Å²) in [7, 11) is 0. The Kier molecular flexibility index (Phi) is 655. The minimum absolute atomic E-state index is 0. The fourth-order valence-corrected chi connectivity index (χ4v) is 0. The molecule has 0 unspecified atom stereocenters. The van der Waals surface area contributed by atoms with Gasteiger partial charge < -0.3 is 66.2 Å². The Morgan fingerprint density at radius 3 is 0.391 bits per heavy atom. The maximum Gasteiger partial charge on any atom is 1.00 e. The molecule has 23 heteroatoms. The van der Waals surface area contributed by atoms with Gasteiger partial charge in [0.25, 0.3) is 0 Å². The predicted molar refractivity (Wildman–Crippen MR) is 58.6 cm³/mol. The Hall–Kier alpha value is 1.78. The first-order valence-corrected chi connectivity index (χ1v) is 2.19. The van der Waals surface area contributed by atoms with E-state index in [0.29, 0.717) is 0 Å². The quantitative estimate of drug-likeness (QED) is 0.181. The van der Waals surface area contributed by atoms with Crippen LogP contribution in [0.2, 0.25) is 0 Å². The third kappa shape index (κ3) is 3580. The molecule has 0 aromatic carbocycles. The van der Waals surface area contributed by atoms with Crippen molar-refractivity contribution in [1.82, 2.24) is 0 Å². The second kappa shape index (κ2) is 204. The molecular formula is H2CoK3N6O13-3. The molecule has 0 saturated heterocycles. The molecule has 125 valence electrons. The van der Waals surface area contributed by atoms with E-state index in [2.05, 4.69) is 0 Å². The van der Waals surface area contributed by atoms with Crippen LogP contribution in [0.25, 0.3) is 0 Å². The summed E-state index contributed by atoms with van der Waals surface area (Å²) >= 11 is 0. The van der Waals surface area contributed by atoms with E-state index in [9.17, 15) is 0 Å². The van der Waals surface area contributed by atoms with Crippen LogP contribution in [0, 0.1) is 60.7 Å². The van der Waals surface area contributed by atoms with Crippen molar-refractivity contribution >= 4 is 0 Å². The van der Waals surface area contributed by atoms with Crippen molar-refractivity contribution in [2.24, 2.45) is 32.0 Å². The molecule has 0 aliphatic heterocycles. The van der Waals surface area contributed by atoms with E-state index in [1.807, 2.05) is 0 Å². The maximum atomic E-state index is 8.00. The third-order valence-corrected chi connectivity index (χ3v) is 0. The van der Waals surface area contributed by atoms with Gasteiger partial charge in [0, 0.05) is 16.8 Å². The van der Waals surface area contributed by atoms with Crippen LogP contribution in [-0.2, 0) is 16.8 Å². The molecule has 0 amide bonds. The molecule has 23 heavy (non-hydrogen) atoms. The van der Waals surface area contributed by atoms with E-state index in [0.717, 1.165) is 32.0 Å². The van der Waals surface area contributed by atoms with Crippen LogP contribution in [0.1, 0.15) is 0 Å². The monoisotopic (exact) mass is 470 g/mol. The molecule has 0 aliphatic rings. The first-order chi connectivity index (χ1) is 8.49. The smallest absolute Gasteiger partial charge is 0.444 e. The molecule has 0 bridgehead atoms. The van der Waals surface area contributed by atoms with Gasteiger partial charge in [-0.15, -0.1) is 32.0 Å². The van der Waals surface area contributed by atoms with Gasteiger partial charge >= 0.3 is 154 Å². The molecular weight excluding hydrogens is 468 g/mol. The Balaban J connectivity index is -0.00000000800. The van der Waals surface area contributed by atoms with Crippen molar-refractivity contribution in [2.45, 2.75) is 0 Å². The molecule has 19 nitrogen and oxygen atoms in total. The van der Waals surface area contributed by atoms with E-state index >= 15 is 0 Å². The van der Waals surface area contributed by atoms with Gasteiger partial charge in [-0.25, -0.2) is 0 Å². The maximum absolute atomic E-state index is 8.00. The van der Waals surface area contributed by atoms with Crippen molar-refractivity contribution in [3.63, 3.8) is 0 Å². The molecule has 0 aromatic rings. The summed E-state index contributed by atoms with van der Waals surface area (Å²) in [4.78, 5) is 48.0. The fourth-order valence-electron chi connectivity index (χ4n) is 0. The number of rotatable bonds is 0. The summed E-state index contributed by atoms with van der Waals surface area (Å²) in [5, 5.41) is 54.0. The van der Waals surface area contributed by atoms with Crippen LogP contribution in [0.5, 0.6) is 0 Å². The van der Waals surface area contributed by atoms with Crippen LogP contribution in [-0.4, -0.2) is 5.48 Å². The van der Waals surface area contributed by atoms with Crippen molar-refractivity contribution in [1.29, 1.82) is 0 Å². The number of nitrogens with zero attached hydrogens (tertiary/aromatic N) is 6. The van der Waals surface area contributed by atoms with Gasteiger partial charge in [-0.05, 0) is 0 Å². The Morgan fingerprint density at radius 2 is 0.391 bits per heavy atom. The first kappa shape index (κ1) is 73.8. The summed E-state index contributed by atoms with van der Waals surface area (Å²) in [5.41, 5.74) is 0. The van der Waals surface area contributed by atoms with Crippen LogP contribution in [0.4, 0.5) is 0 Å². The molecule has 0 aliphatic carbocycles. The summed E-state index contributed by atoms with van der Waals surface area (Å²) in [6.07, 6.45) is 0. The zero-order valence-electron chi connectivity index (χ0n) is 11.4. The molecule has 0 aromatic heterocycles. The average molecular weight is 470 g/mol. The van der Waals surface area contributed by atoms with Crippen molar-refractivity contribution in [3.05, 3.63) is 60.7 Å². The first-order valence-electron chi connectivity index (χ1n) is 2.19. The van der Waals surface area contributed by atoms with Crippen molar-refractivity contribution in [2.75, 3.05) is 0 Å². The van der Waals surface area contributed by atoms with Crippen molar-refractivity contribution < 1.29 is 176 Å². The van der Waals surface area contributed by atoms with Gasteiger partial charge in [0.2, 0.25) is 0 Å². The van der Waals surface area contributed by atoms with Gasteiger partial charge in [-0.3, -0.25) is 0 Å². The zero-order chi connectivity index (χ0) is 16.2. The average Bonchev–Trinajstić information content (AvgIpc) is 2.23. The number of hydrogen-bond acceptors (Lipinski definition) is 18. The second-order valence-corrected chi connectivity index (χ2v) is 0.447. The topological polar surface area (TPSA) is 346 Å². The SMILES string of the molecule is O.O=N[O-].O=N[O-].O=N[O-].O=N[O-].O=N[O-].O=N[O-].[Co].[K+].[K+].[K+]. The summed E-state index contributed by atoms with van der Waals surface area (Å²) in [6, 6.07) is 0. The summed E-state index contributed by atoms with van der Waals surface area (Å²) in [6.45, 7) is 0. The summed E-state index contributed by atoms with van der Waals surface area (Å²) < 4.78 is 0. The number of hydrogen-bond donors (Lipinski definition) is 0. The van der Waals surface area contributed by atoms with Gasteiger partial charge in [-0.1, -0.05) is 0 Å². The van der Waals surface area contributed by atoms with Gasteiger partial charge in [0.05, 0.1) is 0 Å². The molecule has 0 fully saturated rings. The van der Waals surface area contributed by atoms with Crippen LogP contribution < -0.4 is 154 Å². The predicted octanol–water partition coefficient (Wildman–Crippen LogP) is -8.31. The minimum atomic E-state index is 0.